The van der Waals surface area contributed by atoms with Crippen molar-refractivity contribution in [2.75, 3.05) is 17.7 Å². The number of para-hydroxylation sites is 1. The van der Waals surface area contributed by atoms with Crippen LogP contribution < -0.4 is 15.4 Å². The Bertz CT molecular complexity index is 1400. The third-order valence-corrected chi connectivity index (χ3v) is 5.91. The van der Waals surface area contributed by atoms with Gasteiger partial charge in [-0.15, -0.1) is 5.10 Å². The normalized spacial score (nSPS) is 14.9. The van der Waals surface area contributed by atoms with Crippen LogP contribution in [0.5, 0.6) is 5.75 Å². The van der Waals surface area contributed by atoms with E-state index in [4.69, 9.17) is 26.4 Å². The number of fused-ring (bicyclic) bond motifs is 1. The van der Waals surface area contributed by atoms with E-state index in [2.05, 4.69) is 15.6 Å². The molecule has 8 nitrogen and oxygen atoms in total. The van der Waals surface area contributed by atoms with Gasteiger partial charge in [0, 0.05) is 22.5 Å². The molecule has 2 N–H and O–H groups in total. The van der Waals surface area contributed by atoms with Gasteiger partial charge in [0.15, 0.2) is 5.82 Å². The second-order valence-corrected chi connectivity index (χ2v) is 8.09. The molecule has 0 bridgehead atoms. The summed E-state index contributed by atoms with van der Waals surface area (Å²) in [6.45, 7) is 1.84. The number of rotatable bonds is 5. The van der Waals surface area contributed by atoms with Crippen molar-refractivity contribution in [3.63, 3.8) is 0 Å². The van der Waals surface area contributed by atoms with Gasteiger partial charge in [0.2, 0.25) is 5.95 Å². The van der Waals surface area contributed by atoms with Gasteiger partial charge >= 0.3 is 0 Å². The van der Waals surface area contributed by atoms with Gasteiger partial charge in [0.25, 0.3) is 5.91 Å². The van der Waals surface area contributed by atoms with Crippen LogP contribution in [0.15, 0.2) is 84.3 Å². The van der Waals surface area contributed by atoms with Gasteiger partial charge < -0.3 is 15.4 Å². The van der Waals surface area contributed by atoms with Crippen molar-refractivity contribution in [3.8, 4) is 17.1 Å². The van der Waals surface area contributed by atoms with Crippen molar-refractivity contribution in [3.05, 3.63) is 94.9 Å². The molecule has 0 fully saturated rings. The molecule has 1 amide bonds. The second-order valence-electron chi connectivity index (χ2n) is 7.69. The van der Waals surface area contributed by atoms with Crippen LogP contribution in [0.1, 0.15) is 18.5 Å². The molecule has 0 spiro atoms. The van der Waals surface area contributed by atoms with E-state index in [1.54, 1.807) is 42.4 Å². The summed E-state index contributed by atoms with van der Waals surface area (Å²) in [7, 11) is 1.60. The molecule has 1 aliphatic rings. The van der Waals surface area contributed by atoms with Gasteiger partial charge in [0.1, 0.15) is 11.8 Å². The van der Waals surface area contributed by atoms with Crippen LogP contribution >= 0.6 is 11.6 Å². The molecule has 5 rings (SSSR count). The number of ether oxygens (including phenoxy) is 1. The van der Waals surface area contributed by atoms with Gasteiger partial charge in [-0.25, -0.2) is 4.68 Å². The van der Waals surface area contributed by atoms with Crippen LogP contribution in [0, 0.1) is 0 Å². The Morgan fingerprint density at radius 1 is 1.12 bits per heavy atom. The lowest BCUT2D eigenvalue weighted by Crippen LogP contribution is -2.31. The van der Waals surface area contributed by atoms with E-state index < -0.39 is 6.04 Å². The quantitative estimate of drug-likeness (QED) is 0.427. The Morgan fingerprint density at radius 3 is 2.68 bits per heavy atom. The fourth-order valence-corrected chi connectivity index (χ4v) is 4.25. The summed E-state index contributed by atoms with van der Waals surface area (Å²) in [4.78, 5) is 22.3. The average Bonchev–Trinajstić information content (AvgIpc) is 3.27. The maximum Gasteiger partial charge on any atom is 0.255 e. The minimum Gasteiger partial charge on any atom is -0.496 e. The lowest BCUT2D eigenvalue weighted by molar-refractivity contribution is -0.113. The molecule has 0 aliphatic carbocycles. The summed E-state index contributed by atoms with van der Waals surface area (Å²) >= 11 is 6.61. The highest BCUT2D eigenvalue weighted by molar-refractivity contribution is 6.31. The van der Waals surface area contributed by atoms with Gasteiger partial charge in [-0.2, -0.15) is 4.98 Å². The Morgan fingerprint density at radius 2 is 1.91 bits per heavy atom. The highest BCUT2D eigenvalue weighted by Gasteiger charge is 2.35. The number of nitrogens with zero attached hydrogens (tertiary/aromatic N) is 4. The van der Waals surface area contributed by atoms with Crippen LogP contribution in [0.2, 0.25) is 5.02 Å². The number of benzene rings is 2. The largest absolute Gasteiger partial charge is 0.496 e. The van der Waals surface area contributed by atoms with Crippen LogP contribution in [0.4, 0.5) is 11.6 Å². The Balaban J connectivity index is 1.64. The zero-order chi connectivity index (χ0) is 23.7. The number of hydrogen-bond acceptors (Lipinski definition) is 6. The zero-order valence-corrected chi connectivity index (χ0v) is 19.2. The summed E-state index contributed by atoms with van der Waals surface area (Å²) in [5, 5.41) is 11.5. The fraction of sp³-hybridized carbons (Fsp3) is 0.120. The van der Waals surface area contributed by atoms with E-state index in [1.807, 2.05) is 49.4 Å². The van der Waals surface area contributed by atoms with E-state index in [0.717, 1.165) is 11.1 Å². The number of carbonyl (C=O) groups excluding carboxylic acids is 1. The Hall–Kier alpha value is -4.17. The highest BCUT2D eigenvalue weighted by Crippen LogP contribution is 2.40. The fourth-order valence-electron chi connectivity index (χ4n) is 4.01. The minimum absolute atomic E-state index is 0.289. The molecule has 0 radical (unpaired) electrons. The van der Waals surface area contributed by atoms with Crippen molar-refractivity contribution in [1.29, 1.82) is 0 Å². The second kappa shape index (κ2) is 8.99. The van der Waals surface area contributed by atoms with Crippen LogP contribution in [0.25, 0.3) is 11.4 Å². The molecule has 1 atom stereocenters. The number of nitrogens with one attached hydrogen (secondary N) is 2. The van der Waals surface area contributed by atoms with E-state index in [1.165, 1.54) is 0 Å². The monoisotopic (exact) mass is 472 g/mol. The lowest BCUT2D eigenvalue weighted by Gasteiger charge is -2.29. The molecule has 0 saturated carbocycles. The number of pyridine rings is 1. The number of halogens is 1. The summed E-state index contributed by atoms with van der Waals surface area (Å²) in [6, 6.07) is 17.9. The number of aromatic nitrogens is 4. The van der Waals surface area contributed by atoms with Gasteiger partial charge in [0.05, 0.1) is 30.1 Å². The predicted molar refractivity (Wildman–Crippen MR) is 131 cm³/mol. The number of methoxy groups -OCH3 is 1. The third kappa shape index (κ3) is 3.88. The maximum absolute atomic E-state index is 13.5. The van der Waals surface area contributed by atoms with E-state index >= 15 is 0 Å². The first-order chi connectivity index (χ1) is 16.6. The highest BCUT2D eigenvalue weighted by atomic mass is 35.5. The lowest BCUT2D eigenvalue weighted by atomic mass is 9.95. The van der Waals surface area contributed by atoms with Crippen molar-refractivity contribution >= 4 is 29.1 Å². The molecule has 4 aromatic rings. The first kappa shape index (κ1) is 21.7. The van der Waals surface area contributed by atoms with Gasteiger partial charge in [-0.05, 0) is 37.3 Å². The van der Waals surface area contributed by atoms with Crippen molar-refractivity contribution < 1.29 is 9.53 Å². The molecule has 34 heavy (non-hydrogen) atoms. The van der Waals surface area contributed by atoms with Crippen molar-refractivity contribution in [2.45, 2.75) is 13.0 Å². The maximum atomic E-state index is 13.5. The first-order valence-corrected chi connectivity index (χ1v) is 11.0. The topological polar surface area (TPSA) is 94.0 Å². The molecule has 2 aromatic heterocycles. The SMILES string of the molecule is COc1ccccc1-c1nc2n(n1)[C@H](c1ccccc1Cl)C(C(=O)Nc1cccnc1)=C(C)N2. The average molecular weight is 473 g/mol. The van der Waals surface area contributed by atoms with E-state index in [0.29, 0.717) is 39.5 Å². The smallest absolute Gasteiger partial charge is 0.255 e. The molecule has 170 valence electrons. The predicted octanol–water partition coefficient (Wildman–Crippen LogP) is 4.93. The van der Waals surface area contributed by atoms with Crippen LogP contribution in [0.3, 0.4) is 0 Å². The summed E-state index contributed by atoms with van der Waals surface area (Å²) in [5.74, 6) is 1.34. The molecule has 9 heteroatoms. The van der Waals surface area contributed by atoms with Crippen LogP contribution in [-0.2, 0) is 4.79 Å². The molecule has 2 aromatic carbocycles. The number of carbonyl (C=O) groups is 1. The number of hydrogen-bond donors (Lipinski definition) is 2. The first-order valence-electron chi connectivity index (χ1n) is 10.6. The molecular weight excluding hydrogens is 452 g/mol. The number of amides is 1. The molecule has 0 unspecified atom stereocenters. The van der Waals surface area contributed by atoms with E-state index in [9.17, 15) is 4.79 Å². The standard InChI is InChI=1S/C25H21ClN6O2/c1-15-21(24(33)29-16-8-7-13-27-14-16)22(17-9-3-5-11-19(17)26)32-25(28-15)30-23(31-32)18-10-4-6-12-20(18)34-2/h3-14,22H,1-2H3,(H,29,33)(H,28,30,31)/t22-/m1/s1. The summed E-state index contributed by atoms with van der Waals surface area (Å²) in [5.41, 5.74) is 3.19. The van der Waals surface area contributed by atoms with Crippen molar-refractivity contribution in [1.82, 2.24) is 19.7 Å². The van der Waals surface area contributed by atoms with Crippen molar-refractivity contribution in [2.24, 2.45) is 0 Å². The number of anilines is 2. The molecular formula is C25H21ClN6O2. The minimum atomic E-state index is -0.599. The third-order valence-electron chi connectivity index (χ3n) is 5.56. The molecule has 3 heterocycles. The van der Waals surface area contributed by atoms with Gasteiger partial charge in [-0.3, -0.25) is 9.78 Å². The van der Waals surface area contributed by atoms with Crippen LogP contribution in [-0.4, -0.2) is 32.8 Å². The summed E-state index contributed by atoms with van der Waals surface area (Å²) in [6.07, 6.45) is 3.24. The Labute approximate surface area is 201 Å². The molecule has 0 saturated heterocycles. The number of allylic oxidation sites excluding steroid dienone is 1. The Kier molecular flexibility index (Phi) is 5.73. The van der Waals surface area contributed by atoms with Gasteiger partial charge in [-0.1, -0.05) is 41.9 Å². The summed E-state index contributed by atoms with van der Waals surface area (Å²) < 4.78 is 7.19. The zero-order valence-electron chi connectivity index (χ0n) is 18.5. The molecule has 1 aliphatic heterocycles. The van der Waals surface area contributed by atoms with E-state index in [-0.39, 0.29) is 5.91 Å².